The van der Waals surface area contributed by atoms with Crippen LogP contribution in [0.25, 0.3) is 0 Å². The van der Waals surface area contributed by atoms with Crippen molar-refractivity contribution in [2.24, 2.45) is 0 Å². The summed E-state index contributed by atoms with van der Waals surface area (Å²) in [5.41, 5.74) is -1.84. The van der Waals surface area contributed by atoms with Crippen LogP contribution in [0.3, 0.4) is 0 Å². The molecule has 0 N–H and O–H groups in total. The number of hydrogen-bond donors (Lipinski definition) is 0. The van der Waals surface area contributed by atoms with Gasteiger partial charge in [-0.3, -0.25) is 4.79 Å². The van der Waals surface area contributed by atoms with Crippen molar-refractivity contribution in [3.8, 4) is 0 Å². The smallest absolute Gasteiger partial charge is 0.460 e. The fraction of sp³-hybridized carbons (Fsp3) is 0.471. The molecule has 1 aliphatic carbocycles. The number of benzene rings is 1. The van der Waals surface area contributed by atoms with Gasteiger partial charge in [0.25, 0.3) is 0 Å². The Bertz CT molecular complexity index is 1500. The van der Waals surface area contributed by atoms with Crippen LogP contribution >= 0.6 is 0 Å². The van der Waals surface area contributed by atoms with Gasteiger partial charge in [0, 0.05) is 16.7 Å². The monoisotopic (exact) mass is 752 g/mol. The third kappa shape index (κ3) is 10.1. The molecular weight excluding hydrogens is 719 g/mol. The van der Waals surface area contributed by atoms with E-state index in [4.69, 9.17) is 9.47 Å². The minimum atomic E-state index is -8.00. The van der Waals surface area contributed by atoms with Crippen molar-refractivity contribution in [2.45, 2.75) is 87.7 Å². The van der Waals surface area contributed by atoms with Gasteiger partial charge in [0.15, 0.2) is 5.78 Å². The van der Waals surface area contributed by atoms with Gasteiger partial charge in [0.05, 0.1) is 13.2 Å². The predicted octanol–water partition coefficient (Wildman–Crippen LogP) is 10.9. The topological polar surface area (TPSA) is 52.6 Å². The fourth-order valence-corrected chi connectivity index (χ4v) is 4.31. The summed E-state index contributed by atoms with van der Waals surface area (Å²) in [5, 5.41) is 0. The molecule has 51 heavy (non-hydrogen) atoms. The average Bonchev–Trinajstić information content (AvgIpc) is 3.28. The number of allylic oxidation sites excluding steroid dienone is 7. The van der Waals surface area contributed by atoms with Crippen LogP contribution < -0.4 is 0 Å². The number of esters is 1. The minimum absolute atomic E-state index is 0.0615. The molecule has 0 aromatic heterocycles. The minimum Gasteiger partial charge on any atom is -0.494 e. The molecule has 0 radical (unpaired) electrons. The molecule has 0 bridgehead atoms. The first-order chi connectivity index (χ1) is 23.4. The van der Waals surface area contributed by atoms with E-state index in [2.05, 4.69) is 6.58 Å². The second-order valence-corrected chi connectivity index (χ2v) is 11.4. The Labute approximate surface area is 284 Å². The Morgan fingerprint density at radius 3 is 1.78 bits per heavy atom. The maximum absolute atomic E-state index is 14.4. The van der Waals surface area contributed by atoms with Crippen LogP contribution in [0.15, 0.2) is 84.2 Å². The SMILES string of the molecule is C=C(C)C(=O)OCCCCCCCCOC1=CCC=C(/C=C/C(=O)c2ccc(C(F)(F)C(F)(F)C(F)(F)C(F)(F)C(F)(F)C(F)(F)F)cc2)C=C1. The van der Waals surface area contributed by atoms with Crippen molar-refractivity contribution >= 4 is 11.8 Å². The molecule has 1 aromatic carbocycles. The van der Waals surface area contributed by atoms with Gasteiger partial charge in [-0.1, -0.05) is 74.8 Å². The first-order valence-electron chi connectivity index (χ1n) is 15.2. The zero-order valence-corrected chi connectivity index (χ0v) is 26.9. The molecule has 0 saturated carbocycles. The lowest BCUT2D eigenvalue weighted by molar-refractivity contribution is -0.441. The molecule has 0 fully saturated rings. The lowest BCUT2D eigenvalue weighted by Gasteiger charge is -2.39. The molecule has 1 aliphatic rings. The zero-order valence-electron chi connectivity index (χ0n) is 26.9. The summed E-state index contributed by atoms with van der Waals surface area (Å²) in [4.78, 5) is 23.8. The summed E-state index contributed by atoms with van der Waals surface area (Å²) in [7, 11) is 0. The Morgan fingerprint density at radius 1 is 0.706 bits per heavy atom. The molecule has 1 aromatic rings. The van der Waals surface area contributed by atoms with Crippen LogP contribution in [0.2, 0.25) is 0 Å². The molecule has 284 valence electrons. The number of ether oxygens (including phenoxy) is 2. The second kappa shape index (κ2) is 17.0. The Kier molecular flexibility index (Phi) is 14.4. The molecule has 0 saturated heterocycles. The third-order valence-electron chi connectivity index (χ3n) is 7.39. The van der Waals surface area contributed by atoms with E-state index < -0.39 is 58.7 Å². The van der Waals surface area contributed by atoms with Gasteiger partial charge < -0.3 is 9.47 Å². The first kappa shape index (κ1) is 43.1. The van der Waals surface area contributed by atoms with Gasteiger partial charge in [-0.05, 0) is 50.0 Å². The predicted molar refractivity (Wildman–Crippen MR) is 159 cm³/mol. The van der Waals surface area contributed by atoms with Gasteiger partial charge in [-0.15, -0.1) is 0 Å². The Morgan fingerprint density at radius 2 is 1.24 bits per heavy atom. The maximum Gasteiger partial charge on any atom is 0.460 e. The number of alkyl halides is 13. The van der Waals surface area contributed by atoms with E-state index in [1.807, 2.05) is 0 Å². The van der Waals surface area contributed by atoms with Gasteiger partial charge in [0.1, 0.15) is 5.76 Å². The lowest BCUT2D eigenvalue weighted by Crippen LogP contribution is -2.69. The molecule has 4 nitrogen and oxygen atoms in total. The van der Waals surface area contributed by atoms with Gasteiger partial charge in [-0.25, -0.2) is 4.79 Å². The number of rotatable bonds is 19. The lowest BCUT2D eigenvalue weighted by atomic mass is 9.90. The number of ketones is 1. The number of carbonyl (C=O) groups excluding carboxylic acids is 2. The van der Waals surface area contributed by atoms with Crippen LogP contribution in [0, 0.1) is 0 Å². The molecule has 0 atom stereocenters. The van der Waals surface area contributed by atoms with E-state index in [0.717, 1.165) is 44.6 Å². The number of unbranched alkanes of at least 4 members (excludes halogenated alkanes) is 5. The van der Waals surface area contributed by atoms with Gasteiger partial charge in [-0.2, -0.15) is 57.1 Å². The van der Waals surface area contributed by atoms with Crippen LogP contribution in [-0.4, -0.2) is 54.8 Å². The summed E-state index contributed by atoms with van der Waals surface area (Å²) >= 11 is 0. The van der Waals surface area contributed by atoms with E-state index in [9.17, 15) is 66.7 Å². The van der Waals surface area contributed by atoms with Crippen LogP contribution in [0.1, 0.15) is 67.8 Å². The Hall–Kier alpha value is -4.05. The normalized spacial score (nSPS) is 14.9. The highest BCUT2D eigenvalue weighted by molar-refractivity contribution is 6.04. The van der Waals surface area contributed by atoms with E-state index in [-0.39, 0.29) is 12.1 Å². The van der Waals surface area contributed by atoms with Gasteiger partial charge in [0.2, 0.25) is 0 Å². The van der Waals surface area contributed by atoms with E-state index in [1.54, 1.807) is 31.2 Å². The summed E-state index contributed by atoms with van der Waals surface area (Å²) < 4.78 is 186. The molecule has 17 heteroatoms. The summed E-state index contributed by atoms with van der Waals surface area (Å²) in [6.45, 7) is 5.84. The van der Waals surface area contributed by atoms with Gasteiger partial charge >= 0.3 is 41.8 Å². The average molecular weight is 753 g/mol. The molecular formula is C34H33F13O4. The molecule has 0 amide bonds. The number of carbonyl (C=O) groups is 2. The fourth-order valence-electron chi connectivity index (χ4n) is 4.31. The van der Waals surface area contributed by atoms with Crippen molar-refractivity contribution in [1.29, 1.82) is 0 Å². The van der Waals surface area contributed by atoms with Crippen LogP contribution in [0.4, 0.5) is 57.1 Å². The molecule has 0 unspecified atom stereocenters. The number of halogens is 13. The van der Waals surface area contributed by atoms with Crippen molar-refractivity contribution in [3.05, 3.63) is 95.3 Å². The molecule has 0 spiro atoms. The van der Waals surface area contributed by atoms with Crippen LogP contribution in [-0.2, 0) is 20.2 Å². The molecule has 0 aliphatic heterocycles. The zero-order chi connectivity index (χ0) is 38.9. The van der Waals surface area contributed by atoms with Crippen molar-refractivity contribution in [3.63, 3.8) is 0 Å². The highest BCUT2D eigenvalue weighted by atomic mass is 19.4. The largest absolute Gasteiger partial charge is 0.494 e. The van der Waals surface area contributed by atoms with E-state index in [1.165, 1.54) is 6.08 Å². The highest BCUT2D eigenvalue weighted by Crippen LogP contribution is 2.62. The second-order valence-electron chi connectivity index (χ2n) is 11.4. The summed E-state index contributed by atoms with van der Waals surface area (Å²) in [6, 6.07) is 0.709. The quantitative estimate of drug-likeness (QED) is 0.0464. The molecule has 0 heterocycles. The Balaban J connectivity index is 1.93. The third-order valence-corrected chi connectivity index (χ3v) is 7.39. The molecule has 2 rings (SSSR count). The summed E-state index contributed by atoms with van der Waals surface area (Å²) in [6.07, 6.45) is 6.95. The van der Waals surface area contributed by atoms with Crippen molar-refractivity contribution in [1.82, 2.24) is 0 Å². The number of hydrogen-bond acceptors (Lipinski definition) is 4. The summed E-state index contributed by atoms with van der Waals surface area (Å²) in [5.74, 6) is -38.4. The maximum atomic E-state index is 14.4. The van der Waals surface area contributed by atoms with Crippen LogP contribution in [0.5, 0.6) is 0 Å². The van der Waals surface area contributed by atoms with E-state index in [0.29, 0.717) is 48.7 Å². The first-order valence-corrected chi connectivity index (χ1v) is 15.2. The standard InChI is InChI=1S/C34H33F13O4/c1-22(2)28(49)51-21-8-6-4-3-5-7-20-50-26-11-9-10-23(12-18-26)13-19-27(48)24-14-16-25(17-15-24)29(35,36)30(37,38)31(39,40)32(41,42)33(43,44)34(45,46)47/h10-19H,1,3-9,20-21H2,2H3/b19-13+. The highest BCUT2D eigenvalue weighted by Gasteiger charge is 2.90. The van der Waals surface area contributed by atoms with Crippen molar-refractivity contribution < 1.29 is 76.1 Å². The van der Waals surface area contributed by atoms with E-state index >= 15 is 0 Å². The van der Waals surface area contributed by atoms with Crippen molar-refractivity contribution in [2.75, 3.05) is 13.2 Å².